The molecule has 402 valence electrons. The average molecular weight is 1070 g/mol. The Hall–Kier alpha value is -10.9. The van der Waals surface area contributed by atoms with Gasteiger partial charge in [-0.15, -0.1) is 0 Å². The van der Waals surface area contributed by atoms with Crippen molar-refractivity contribution in [1.82, 2.24) is 0 Å². The summed E-state index contributed by atoms with van der Waals surface area (Å²) >= 11 is 0. The standard InChI is InChI=1S/C24H19N.C22H17N.C18H15N.C15H15N/c1-3-7-19(8-4-1)21-11-15-23(16-12-21)25-24-17-13-22(14-18-24)20-9-5-2-6-10-20;1-2-7-17(8-3-1)18-13-15-20(16-14-18)23-22-12-6-10-19-9-4-5-11-21(19)22;1-3-7-15(8-4-1)16-11-13-18(14-12-16)19-17-9-5-2-6-10-17;1-2-6-13-9-11-15(12-10-13)16-14-7-4-3-5-8-14/h1-18,25H;1-16,23H;1-14,19H;2-12,16H,1H3/b;;;6-2+. The monoisotopic (exact) mass is 1070 g/mol. The van der Waals surface area contributed by atoms with Crippen LogP contribution < -0.4 is 21.3 Å². The van der Waals surface area contributed by atoms with Gasteiger partial charge in [0.05, 0.1) is 0 Å². The van der Waals surface area contributed by atoms with Crippen LogP contribution in [-0.4, -0.2) is 0 Å². The maximum absolute atomic E-state index is 3.53. The smallest absolute Gasteiger partial charge is 0.0463 e. The van der Waals surface area contributed by atoms with Crippen molar-refractivity contribution >= 4 is 62.3 Å². The molecule has 0 radical (unpaired) electrons. The van der Waals surface area contributed by atoms with E-state index < -0.39 is 0 Å². The third-order valence-corrected chi connectivity index (χ3v) is 13.7. The van der Waals surface area contributed by atoms with Gasteiger partial charge in [-0.25, -0.2) is 0 Å². The third kappa shape index (κ3) is 16.6. The predicted molar refractivity (Wildman–Crippen MR) is 359 cm³/mol. The number of nitrogens with one attached hydrogen (secondary N) is 4. The molecule has 0 heterocycles. The van der Waals surface area contributed by atoms with E-state index >= 15 is 0 Å². The summed E-state index contributed by atoms with van der Waals surface area (Å²) in [5, 5.41) is 16.2. The van der Waals surface area contributed by atoms with E-state index in [0.717, 1.165) is 45.5 Å². The number of hydrogen-bond acceptors (Lipinski definition) is 4. The second-order valence-corrected chi connectivity index (χ2v) is 19.7. The van der Waals surface area contributed by atoms with Crippen molar-refractivity contribution in [3.05, 3.63) is 357 Å². The Balaban J connectivity index is 0.000000125. The minimum absolute atomic E-state index is 1.09. The highest BCUT2D eigenvalue weighted by atomic mass is 14.9. The third-order valence-electron chi connectivity index (χ3n) is 13.7. The lowest BCUT2D eigenvalue weighted by Gasteiger charge is -2.10. The van der Waals surface area contributed by atoms with Gasteiger partial charge in [-0.05, 0) is 153 Å². The Morgan fingerprint density at radius 3 is 0.795 bits per heavy atom. The molecule has 0 amide bonds. The molecule has 0 saturated heterocycles. The molecule has 0 aliphatic heterocycles. The van der Waals surface area contributed by atoms with Crippen molar-refractivity contribution in [2.45, 2.75) is 6.92 Å². The van der Waals surface area contributed by atoms with E-state index in [2.05, 4.69) is 312 Å². The van der Waals surface area contributed by atoms with Gasteiger partial charge in [0.1, 0.15) is 0 Å². The fourth-order valence-corrected chi connectivity index (χ4v) is 9.41. The lowest BCUT2D eigenvalue weighted by atomic mass is 10.0. The molecule has 0 spiro atoms. The van der Waals surface area contributed by atoms with E-state index in [1.807, 2.05) is 73.7 Å². The van der Waals surface area contributed by atoms with Gasteiger partial charge in [-0.3, -0.25) is 0 Å². The molecule has 4 heteroatoms. The summed E-state index contributed by atoms with van der Waals surface area (Å²) in [6.45, 7) is 2.02. The molecule has 0 fully saturated rings. The van der Waals surface area contributed by atoms with E-state index in [4.69, 9.17) is 0 Å². The molecule has 13 aromatic rings. The van der Waals surface area contributed by atoms with Gasteiger partial charge in [-0.1, -0.05) is 267 Å². The van der Waals surface area contributed by atoms with Crippen LogP contribution >= 0.6 is 0 Å². The minimum Gasteiger partial charge on any atom is -0.356 e. The van der Waals surface area contributed by atoms with Gasteiger partial charge in [0.2, 0.25) is 0 Å². The number of hydrogen-bond donors (Lipinski definition) is 4. The molecular weight excluding hydrogens is 1000 g/mol. The predicted octanol–water partition coefficient (Wildman–Crippen LogP) is 22.6. The van der Waals surface area contributed by atoms with E-state index in [0.29, 0.717) is 0 Å². The number of para-hydroxylation sites is 2. The molecule has 0 aliphatic carbocycles. The molecule has 4 nitrogen and oxygen atoms in total. The Bertz CT molecular complexity index is 3900. The highest BCUT2D eigenvalue weighted by Crippen LogP contribution is 2.30. The summed E-state index contributed by atoms with van der Waals surface area (Å²) in [4.78, 5) is 0. The van der Waals surface area contributed by atoms with Gasteiger partial charge >= 0.3 is 0 Å². The summed E-state index contributed by atoms with van der Waals surface area (Å²) in [5.74, 6) is 0. The van der Waals surface area contributed by atoms with Crippen LogP contribution in [-0.2, 0) is 0 Å². The van der Waals surface area contributed by atoms with Gasteiger partial charge in [-0.2, -0.15) is 0 Å². The van der Waals surface area contributed by atoms with Gasteiger partial charge in [0.25, 0.3) is 0 Å². The lowest BCUT2D eigenvalue weighted by molar-refractivity contribution is 1.53. The number of fused-ring (bicyclic) bond motifs is 1. The maximum Gasteiger partial charge on any atom is 0.0463 e. The normalized spacial score (nSPS) is 10.4. The second kappa shape index (κ2) is 29.3. The first kappa shape index (κ1) is 55.4. The average Bonchev–Trinajstić information content (AvgIpc) is 3.63. The van der Waals surface area contributed by atoms with E-state index in [9.17, 15) is 0 Å². The van der Waals surface area contributed by atoms with Crippen LogP contribution in [0.25, 0.3) is 61.4 Å². The number of benzene rings is 13. The van der Waals surface area contributed by atoms with Crippen LogP contribution in [0.2, 0.25) is 0 Å². The van der Waals surface area contributed by atoms with Crippen LogP contribution in [0.4, 0.5) is 45.5 Å². The lowest BCUT2D eigenvalue weighted by Crippen LogP contribution is -1.91. The van der Waals surface area contributed by atoms with Gasteiger partial charge < -0.3 is 21.3 Å². The molecule has 13 rings (SSSR count). The first-order chi connectivity index (χ1) is 41.1. The highest BCUT2D eigenvalue weighted by molar-refractivity contribution is 5.95. The van der Waals surface area contributed by atoms with Crippen LogP contribution in [0.3, 0.4) is 0 Å². The molecule has 0 atom stereocenters. The molecule has 0 unspecified atom stereocenters. The molecule has 4 N–H and O–H groups in total. The zero-order valence-corrected chi connectivity index (χ0v) is 46.6. The number of rotatable bonds is 13. The Morgan fingerprint density at radius 1 is 0.205 bits per heavy atom. The molecular formula is C79H66N4. The van der Waals surface area contributed by atoms with Crippen LogP contribution in [0.5, 0.6) is 0 Å². The highest BCUT2D eigenvalue weighted by Gasteiger charge is 2.04. The van der Waals surface area contributed by atoms with Crippen LogP contribution in [0, 0.1) is 0 Å². The zero-order valence-electron chi connectivity index (χ0n) is 46.6. The topological polar surface area (TPSA) is 48.1 Å². The summed E-state index contributed by atoms with van der Waals surface area (Å²) in [5.41, 5.74) is 19.9. The van der Waals surface area contributed by atoms with Crippen molar-refractivity contribution in [1.29, 1.82) is 0 Å². The fourth-order valence-electron chi connectivity index (χ4n) is 9.41. The van der Waals surface area contributed by atoms with Crippen molar-refractivity contribution in [3.63, 3.8) is 0 Å². The SMILES string of the molecule is C/C=C/c1ccc(Nc2ccccc2)cc1.c1ccc(-c2ccc(Nc3ccc(-c4ccccc4)cc3)cc2)cc1.c1ccc(-c2ccc(Nc3cccc4ccccc34)cc2)cc1.c1ccc(Nc2ccc(-c3ccccc3)cc2)cc1. The summed E-state index contributed by atoms with van der Waals surface area (Å²) < 4.78 is 0. The van der Waals surface area contributed by atoms with Crippen molar-refractivity contribution in [2.24, 2.45) is 0 Å². The molecule has 0 saturated carbocycles. The fraction of sp³-hybridized carbons (Fsp3) is 0.0127. The Kier molecular flexibility index (Phi) is 19.6. The summed E-state index contributed by atoms with van der Waals surface area (Å²) in [6, 6.07) is 119. The van der Waals surface area contributed by atoms with E-state index in [-0.39, 0.29) is 0 Å². The van der Waals surface area contributed by atoms with E-state index in [1.165, 1.54) is 60.8 Å². The largest absolute Gasteiger partial charge is 0.356 e. The van der Waals surface area contributed by atoms with Crippen LogP contribution in [0.1, 0.15) is 12.5 Å². The quantitative estimate of drug-likeness (QED) is 0.0929. The van der Waals surface area contributed by atoms with Crippen molar-refractivity contribution in [2.75, 3.05) is 21.3 Å². The molecule has 83 heavy (non-hydrogen) atoms. The number of allylic oxidation sites excluding steroid dienone is 1. The van der Waals surface area contributed by atoms with Crippen molar-refractivity contribution < 1.29 is 0 Å². The summed E-state index contributed by atoms with van der Waals surface area (Å²) in [6.07, 6.45) is 4.13. The van der Waals surface area contributed by atoms with Gasteiger partial charge in [0.15, 0.2) is 0 Å². The molecule has 13 aromatic carbocycles. The number of anilines is 8. The Morgan fingerprint density at radius 2 is 0.458 bits per heavy atom. The maximum atomic E-state index is 3.53. The zero-order chi connectivity index (χ0) is 56.5. The van der Waals surface area contributed by atoms with Crippen LogP contribution in [0.15, 0.2) is 352 Å². The molecule has 0 aromatic heterocycles. The second-order valence-electron chi connectivity index (χ2n) is 19.7. The van der Waals surface area contributed by atoms with Gasteiger partial charge in [0, 0.05) is 50.9 Å². The van der Waals surface area contributed by atoms with Crippen molar-refractivity contribution in [3.8, 4) is 44.5 Å². The molecule has 0 bridgehead atoms. The Labute approximate surface area is 489 Å². The summed E-state index contributed by atoms with van der Waals surface area (Å²) in [7, 11) is 0. The first-order valence-electron chi connectivity index (χ1n) is 28.1. The minimum atomic E-state index is 1.09. The van der Waals surface area contributed by atoms with E-state index in [1.54, 1.807) is 0 Å². The first-order valence-corrected chi connectivity index (χ1v) is 28.1. The molecule has 0 aliphatic rings.